The van der Waals surface area contributed by atoms with Crippen molar-refractivity contribution in [1.29, 1.82) is 0 Å². The van der Waals surface area contributed by atoms with Crippen LogP contribution in [-0.2, 0) is 14.8 Å². The van der Waals surface area contributed by atoms with E-state index in [4.69, 9.17) is 0 Å². The molecule has 128 valence electrons. The molecule has 0 aliphatic heterocycles. The van der Waals surface area contributed by atoms with E-state index < -0.39 is 27.8 Å². The van der Waals surface area contributed by atoms with Gasteiger partial charge in [0.2, 0.25) is 15.9 Å². The molecule has 0 saturated carbocycles. The largest absolute Gasteiger partial charge is 0.324 e. The normalized spacial score (nSPS) is 12.5. The number of halogens is 1. The van der Waals surface area contributed by atoms with E-state index in [0.717, 1.165) is 10.6 Å². The molecule has 24 heavy (non-hydrogen) atoms. The second kappa shape index (κ2) is 7.44. The zero-order valence-electron chi connectivity index (χ0n) is 13.4. The molecule has 7 heteroatoms. The zero-order valence-corrected chi connectivity index (χ0v) is 14.3. The molecule has 2 aromatic rings. The maximum Gasteiger partial charge on any atom is 0.248 e. The summed E-state index contributed by atoms with van der Waals surface area (Å²) in [6.07, 6.45) is 1.35. The Kier molecular flexibility index (Phi) is 5.56. The number of para-hydroxylation sites is 1. The first-order chi connectivity index (χ1) is 11.3. The summed E-state index contributed by atoms with van der Waals surface area (Å²) in [5.41, 5.74) is 0.822. The molecule has 0 aliphatic rings. The predicted molar refractivity (Wildman–Crippen MR) is 92.9 cm³/mol. The Morgan fingerprint density at radius 2 is 1.71 bits per heavy atom. The summed E-state index contributed by atoms with van der Waals surface area (Å²) >= 11 is 0. The number of carbonyl (C=O) groups is 1. The summed E-state index contributed by atoms with van der Waals surface area (Å²) in [6.45, 7) is 1.73. The third-order valence-electron chi connectivity index (χ3n) is 3.45. The van der Waals surface area contributed by atoms with Gasteiger partial charge in [0.05, 0.1) is 11.9 Å². The van der Waals surface area contributed by atoms with Crippen LogP contribution in [0.2, 0.25) is 0 Å². The zero-order chi connectivity index (χ0) is 17.7. The van der Waals surface area contributed by atoms with E-state index in [-0.39, 0.29) is 6.42 Å². The molecule has 0 unspecified atom stereocenters. The van der Waals surface area contributed by atoms with Gasteiger partial charge in [0.1, 0.15) is 11.9 Å². The van der Waals surface area contributed by atoms with Gasteiger partial charge in [0.15, 0.2) is 0 Å². The molecule has 5 nitrogen and oxygen atoms in total. The highest BCUT2D eigenvalue weighted by Crippen LogP contribution is 2.23. The summed E-state index contributed by atoms with van der Waals surface area (Å²) in [7, 11) is -3.66. The van der Waals surface area contributed by atoms with Crippen LogP contribution in [0.3, 0.4) is 0 Å². The smallest absolute Gasteiger partial charge is 0.248 e. The first-order valence-electron chi connectivity index (χ1n) is 7.44. The molecule has 0 fully saturated rings. The van der Waals surface area contributed by atoms with Gasteiger partial charge >= 0.3 is 0 Å². The number of hydrogen-bond donors (Lipinski definition) is 1. The van der Waals surface area contributed by atoms with Crippen LogP contribution < -0.4 is 9.62 Å². The first kappa shape index (κ1) is 17.9. The van der Waals surface area contributed by atoms with Crippen molar-refractivity contribution in [3.05, 3.63) is 60.4 Å². The van der Waals surface area contributed by atoms with Gasteiger partial charge in [-0.3, -0.25) is 9.10 Å². The van der Waals surface area contributed by atoms with E-state index in [1.165, 1.54) is 24.3 Å². The first-order valence-corrected chi connectivity index (χ1v) is 9.28. The number of sulfonamides is 1. The van der Waals surface area contributed by atoms with Gasteiger partial charge in [-0.1, -0.05) is 25.1 Å². The van der Waals surface area contributed by atoms with Crippen LogP contribution in [0.1, 0.15) is 13.3 Å². The summed E-state index contributed by atoms with van der Waals surface area (Å²) in [6, 6.07) is 12.8. The number of hydrogen-bond acceptors (Lipinski definition) is 3. The number of nitrogens with zero attached hydrogens (tertiary/aromatic N) is 1. The molecule has 0 spiro atoms. The summed E-state index contributed by atoms with van der Waals surface area (Å²) in [4.78, 5) is 12.6. The van der Waals surface area contributed by atoms with E-state index >= 15 is 0 Å². The summed E-state index contributed by atoms with van der Waals surface area (Å²) < 4.78 is 38.5. The molecule has 0 aliphatic carbocycles. The fourth-order valence-corrected chi connectivity index (χ4v) is 3.61. The van der Waals surface area contributed by atoms with E-state index in [2.05, 4.69) is 5.32 Å². The monoisotopic (exact) mass is 350 g/mol. The molecule has 0 bridgehead atoms. The van der Waals surface area contributed by atoms with Crippen LogP contribution in [0.5, 0.6) is 0 Å². The lowest BCUT2D eigenvalue weighted by molar-refractivity contribution is -0.117. The van der Waals surface area contributed by atoms with Gasteiger partial charge in [-0.05, 0) is 42.8 Å². The van der Waals surface area contributed by atoms with Crippen molar-refractivity contribution in [2.45, 2.75) is 19.4 Å². The van der Waals surface area contributed by atoms with Crippen LogP contribution in [0, 0.1) is 5.82 Å². The summed E-state index contributed by atoms with van der Waals surface area (Å²) in [5, 5.41) is 2.63. The van der Waals surface area contributed by atoms with Crippen LogP contribution in [0.25, 0.3) is 0 Å². The number of anilines is 2. The third kappa shape index (κ3) is 4.32. The standard InChI is InChI=1S/C17H19FN2O3S/c1-3-16(17(21)19-14-11-9-13(18)10-12-14)20(24(2,22)23)15-7-5-4-6-8-15/h4-12,16H,3H2,1-2H3,(H,19,21)/t16-/m1/s1. The topological polar surface area (TPSA) is 66.5 Å². The lowest BCUT2D eigenvalue weighted by Gasteiger charge is -2.30. The van der Waals surface area contributed by atoms with Crippen molar-refractivity contribution in [2.24, 2.45) is 0 Å². The predicted octanol–water partition coefficient (Wildman–Crippen LogP) is 3.01. The fraction of sp³-hybridized carbons (Fsp3) is 0.235. The minimum absolute atomic E-state index is 0.287. The number of nitrogens with one attached hydrogen (secondary N) is 1. The number of carbonyl (C=O) groups excluding carboxylic acids is 1. The molecule has 2 rings (SSSR count). The molecule has 0 radical (unpaired) electrons. The van der Waals surface area contributed by atoms with Crippen molar-refractivity contribution in [1.82, 2.24) is 0 Å². The van der Waals surface area contributed by atoms with Gasteiger partial charge in [0, 0.05) is 5.69 Å². The van der Waals surface area contributed by atoms with Crippen LogP contribution >= 0.6 is 0 Å². The molecule has 0 heterocycles. The maximum atomic E-state index is 13.0. The highest BCUT2D eigenvalue weighted by atomic mass is 32.2. The van der Waals surface area contributed by atoms with Crippen molar-refractivity contribution >= 4 is 27.3 Å². The highest BCUT2D eigenvalue weighted by molar-refractivity contribution is 7.92. The Hall–Kier alpha value is -2.41. The Balaban J connectivity index is 2.32. The number of rotatable bonds is 6. The SMILES string of the molecule is CC[C@H](C(=O)Nc1ccc(F)cc1)N(c1ccccc1)S(C)(=O)=O. The van der Waals surface area contributed by atoms with E-state index in [1.807, 2.05) is 0 Å². The third-order valence-corrected chi connectivity index (χ3v) is 4.63. The lowest BCUT2D eigenvalue weighted by Crippen LogP contribution is -2.46. The molecule has 1 amide bonds. The molecular formula is C17H19FN2O3S. The molecule has 0 saturated heterocycles. The van der Waals surface area contributed by atoms with Crippen molar-refractivity contribution in [2.75, 3.05) is 15.9 Å². The average Bonchev–Trinajstić information content (AvgIpc) is 2.54. The Morgan fingerprint density at radius 1 is 1.12 bits per heavy atom. The minimum atomic E-state index is -3.66. The lowest BCUT2D eigenvalue weighted by atomic mass is 10.2. The van der Waals surface area contributed by atoms with E-state index in [9.17, 15) is 17.6 Å². The Morgan fingerprint density at radius 3 is 2.21 bits per heavy atom. The second-order valence-corrected chi connectivity index (χ2v) is 7.17. The highest BCUT2D eigenvalue weighted by Gasteiger charge is 2.31. The molecule has 1 atom stereocenters. The average molecular weight is 350 g/mol. The quantitative estimate of drug-likeness (QED) is 0.871. The molecule has 1 N–H and O–H groups in total. The van der Waals surface area contributed by atoms with Crippen molar-refractivity contribution in [3.8, 4) is 0 Å². The van der Waals surface area contributed by atoms with Crippen LogP contribution in [-0.4, -0.2) is 26.6 Å². The van der Waals surface area contributed by atoms with Gasteiger partial charge in [0.25, 0.3) is 0 Å². The van der Waals surface area contributed by atoms with Gasteiger partial charge in [-0.15, -0.1) is 0 Å². The Labute approximate surface area is 141 Å². The molecular weight excluding hydrogens is 331 g/mol. The molecule has 0 aromatic heterocycles. The minimum Gasteiger partial charge on any atom is -0.324 e. The molecule has 2 aromatic carbocycles. The van der Waals surface area contributed by atoms with Gasteiger partial charge < -0.3 is 5.32 Å². The number of amides is 1. The second-order valence-electron chi connectivity index (χ2n) is 5.31. The van der Waals surface area contributed by atoms with E-state index in [1.54, 1.807) is 37.3 Å². The maximum absolute atomic E-state index is 13.0. The fourth-order valence-electron chi connectivity index (χ4n) is 2.39. The van der Waals surface area contributed by atoms with Gasteiger partial charge in [-0.25, -0.2) is 12.8 Å². The number of benzene rings is 2. The van der Waals surface area contributed by atoms with E-state index in [0.29, 0.717) is 11.4 Å². The van der Waals surface area contributed by atoms with Crippen molar-refractivity contribution in [3.63, 3.8) is 0 Å². The van der Waals surface area contributed by atoms with Gasteiger partial charge in [-0.2, -0.15) is 0 Å². The van der Waals surface area contributed by atoms with Crippen LogP contribution in [0.4, 0.5) is 15.8 Å². The Bertz CT molecular complexity index is 792. The van der Waals surface area contributed by atoms with Crippen LogP contribution in [0.15, 0.2) is 54.6 Å². The summed E-state index contributed by atoms with van der Waals surface area (Å²) in [5.74, 6) is -0.888. The van der Waals surface area contributed by atoms with Crippen molar-refractivity contribution < 1.29 is 17.6 Å².